The fourth-order valence-corrected chi connectivity index (χ4v) is 0.732. The molecule has 0 aliphatic rings. The van der Waals surface area contributed by atoms with E-state index in [9.17, 15) is 0 Å². The minimum atomic E-state index is -0.124. The highest BCUT2D eigenvalue weighted by Gasteiger charge is 1.97. The maximum Gasteiger partial charge on any atom is 0.122 e. The molecule has 58 valence electrons. The zero-order chi connectivity index (χ0) is 8.27. The van der Waals surface area contributed by atoms with E-state index in [2.05, 4.69) is 4.98 Å². The van der Waals surface area contributed by atoms with Gasteiger partial charge in [0.05, 0.1) is 12.3 Å². The number of hydrogen-bond acceptors (Lipinski definition) is 3. The van der Waals surface area contributed by atoms with Gasteiger partial charge < -0.3 is 10.8 Å². The van der Waals surface area contributed by atoms with Crippen LogP contribution < -0.4 is 5.73 Å². The van der Waals surface area contributed by atoms with Crippen molar-refractivity contribution in [2.75, 3.05) is 0 Å². The molecule has 0 unspecified atom stereocenters. The van der Waals surface area contributed by atoms with Crippen molar-refractivity contribution < 1.29 is 5.11 Å². The van der Waals surface area contributed by atoms with Gasteiger partial charge in [0.1, 0.15) is 5.84 Å². The first-order valence-electron chi connectivity index (χ1n) is 3.14. The molecule has 0 fully saturated rings. The zero-order valence-electron chi connectivity index (χ0n) is 5.91. The Balaban J connectivity index is 3.01. The molecular weight excluding hydrogens is 142 g/mol. The van der Waals surface area contributed by atoms with Gasteiger partial charge in [0.25, 0.3) is 0 Å². The van der Waals surface area contributed by atoms with Crippen LogP contribution in [0.15, 0.2) is 18.3 Å². The highest BCUT2D eigenvalue weighted by molar-refractivity contribution is 5.94. The Kier molecular flexibility index (Phi) is 2.18. The first-order valence-corrected chi connectivity index (χ1v) is 3.14. The van der Waals surface area contributed by atoms with E-state index in [-0.39, 0.29) is 12.4 Å². The SMILES string of the molecule is N=C(N)c1ccnc(CO)c1. The van der Waals surface area contributed by atoms with Gasteiger partial charge in [-0.15, -0.1) is 0 Å². The quantitative estimate of drug-likeness (QED) is 0.406. The van der Waals surface area contributed by atoms with Crippen LogP contribution in [0.1, 0.15) is 11.3 Å². The number of hydrogen-bond donors (Lipinski definition) is 3. The lowest BCUT2D eigenvalue weighted by atomic mass is 10.2. The second kappa shape index (κ2) is 3.12. The standard InChI is InChI=1S/C7H9N3O/c8-7(9)5-1-2-10-6(3-5)4-11/h1-3,11H,4H2,(H3,8,9). The van der Waals surface area contributed by atoms with Gasteiger partial charge in [-0.2, -0.15) is 0 Å². The number of nitrogens with one attached hydrogen (secondary N) is 1. The number of aliphatic hydroxyl groups is 1. The number of nitrogens with two attached hydrogens (primary N) is 1. The van der Waals surface area contributed by atoms with Gasteiger partial charge in [-0.3, -0.25) is 10.4 Å². The van der Waals surface area contributed by atoms with Gasteiger partial charge in [-0.1, -0.05) is 0 Å². The number of rotatable bonds is 2. The third-order valence-corrected chi connectivity index (χ3v) is 1.29. The van der Waals surface area contributed by atoms with Crippen molar-refractivity contribution in [3.63, 3.8) is 0 Å². The van der Waals surface area contributed by atoms with Crippen molar-refractivity contribution in [2.45, 2.75) is 6.61 Å². The summed E-state index contributed by atoms with van der Waals surface area (Å²) in [6, 6.07) is 3.21. The lowest BCUT2D eigenvalue weighted by molar-refractivity contribution is 0.277. The van der Waals surface area contributed by atoms with E-state index in [1.165, 1.54) is 6.20 Å². The molecule has 0 saturated heterocycles. The fraction of sp³-hybridized carbons (Fsp3) is 0.143. The van der Waals surface area contributed by atoms with E-state index in [4.69, 9.17) is 16.2 Å². The van der Waals surface area contributed by atoms with Crippen molar-refractivity contribution in [1.82, 2.24) is 4.98 Å². The van der Waals surface area contributed by atoms with Gasteiger partial charge in [0.2, 0.25) is 0 Å². The number of aliphatic hydroxyl groups excluding tert-OH is 1. The molecule has 4 N–H and O–H groups in total. The number of nitrogens with zero attached hydrogens (tertiary/aromatic N) is 1. The Morgan fingerprint density at radius 3 is 3.00 bits per heavy atom. The van der Waals surface area contributed by atoms with Crippen molar-refractivity contribution in [1.29, 1.82) is 5.41 Å². The summed E-state index contributed by atoms with van der Waals surface area (Å²) in [5, 5.41) is 15.7. The van der Waals surface area contributed by atoms with Crippen LogP contribution in [-0.4, -0.2) is 15.9 Å². The summed E-state index contributed by atoms with van der Waals surface area (Å²) in [6.45, 7) is -0.124. The molecule has 1 heterocycles. The van der Waals surface area contributed by atoms with Crippen LogP contribution in [0.2, 0.25) is 0 Å². The van der Waals surface area contributed by atoms with Gasteiger partial charge >= 0.3 is 0 Å². The molecule has 4 heteroatoms. The average Bonchev–Trinajstić information content (AvgIpc) is 2.05. The molecule has 1 aromatic heterocycles. The monoisotopic (exact) mass is 151 g/mol. The highest BCUT2D eigenvalue weighted by atomic mass is 16.3. The number of amidine groups is 1. The van der Waals surface area contributed by atoms with Crippen molar-refractivity contribution in [2.24, 2.45) is 5.73 Å². The van der Waals surface area contributed by atoms with Crippen LogP contribution in [-0.2, 0) is 6.61 Å². The summed E-state index contributed by atoms with van der Waals surface area (Å²) < 4.78 is 0. The molecule has 0 aliphatic carbocycles. The van der Waals surface area contributed by atoms with Gasteiger partial charge in [-0.05, 0) is 12.1 Å². The maximum atomic E-state index is 8.67. The second-order valence-electron chi connectivity index (χ2n) is 2.11. The molecule has 0 atom stereocenters. The van der Waals surface area contributed by atoms with Gasteiger partial charge in [-0.25, -0.2) is 0 Å². The third kappa shape index (κ3) is 1.75. The molecular formula is C7H9N3O. The molecule has 1 aromatic rings. The Morgan fingerprint density at radius 2 is 2.45 bits per heavy atom. The molecule has 0 radical (unpaired) electrons. The molecule has 0 aliphatic heterocycles. The summed E-state index contributed by atoms with van der Waals surface area (Å²) in [6.07, 6.45) is 1.52. The first kappa shape index (κ1) is 7.68. The minimum absolute atomic E-state index is 0.0119. The molecule has 1 rings (SSSR count). The fourth-order valence-electron chi connectivity index (χ4n) is 0.732. The van der Waals surface area contributed by atoms with Gasteiger partial charge in [0, 0.05) is 11.8 Å². The minimum Gasteiger partial charge on any atom is -0.390 e. The second-order valence-corrected chi connectivity index (χ2v) is 2.11. The van der Waals surface area contributed by atoms with E-state index in [0.29, 0.717) is 11.3 Å². The Hall–Kier alpha value is -1.42. The highest BCUT2D eigenvalue weighted by Crippen LogP contribution is 1.99. The van der Waals surface area contributed by atoms with Crippen LogP contribution >= 0.6 is 0 Å². The van der Waals surface area contributed by atoms with Crippen molar-refractivity contribution >= 4 is 5.84 Å². The topological polar surface area (TPSA) is 83.0 Å². The van der Waals surface area contributed by atoms with Crippen LogP contribution in [0.4, 0.5) is 0 Å². The lowest BCUT2D eigenvalue weighted by Crippen LogP contribution is -2.11. The first-order chi connectivity index (χ1) is 5.24. The molecule has 0 bridgehead atoms. The van der Waals surface area contributed by atoms with E-state index in [0.717, 1.165) is 0 Å². The summed E-state index contributed by atoms with van der Waals surface area (Å²) in [5.41, 5.74) is 6.32. The molecule has 4 nitrogen and oxygen atoms in total. The Bertz CT molecular complexity index is 272. The molecule has 0 aromatic carbocycles. The molecule has 0 spiro atoms. The largest absolute Gasteiger partial charge is 0.390 e. The number of pyridine rings is 1. The van der Waals surface area contributed by atoms with Crippen LogP contribution in [0, 0.1) is 5.41 Å². The summed E-state index contributed by atoms with van der Waals surface area (Å²) in [4.78, 5) is 3.84. The average molecular weight is 151 g/mol. The summed E-state index contributed by atoms with van der Waals surface area (Å²) in [5.74, 6) is -0.0119. The van der Waals surface area contributed by atoms with Gasteiger partial charge in [0.15, 0.2) is 0 Å². The predicted octanol–water partition coefficient (Wildman–Crippen LogP) is -0.142. The van der Waals surface area contributed by atoms with Crippen LogP contribution in [0.3, 0.4) is 0 Å². The van der Waals surface area contributed by atoms with E-state index in [1.54, 1.807) is 12.1 Å². The molecule has 0 amide bonds. The number of nitrogen functional groups attached to an aromatic ring is 1. The Labute approximate surface area is 64.2 Å². The van der Waals surface area contributed by atoms with Crippen LogP contribution in [0.5, 0.6) is 0 Å². The van der Waals surface area contributed by atoms with E-state index < -0.39 is 0 Å². The maximum absolute atomic E-state index is 8.67. The molecule has 11 heavy (non-hydrogen) atoms. The number of aromatic nitrogens is 1. The van der Waals surface area contributed by atoms with E-state index in [1.807, 2.05) is 0 Å². The summed E-state index contributed by atoms with van der Waals surface area (Å²) in [7, 11) is 0. The molecule has 0 saturated carbocycles. The predicted molar refractivity (Wildman–Crippen MR) is 41.2 cm³/mol. The zero-order valence-corrected chi connectivity index (χ0v) is 5.91. The summed E-state index contributed by atoms with van der Waals surface area (Å²) >= 11 is 0. The Morgan fingerprint density at radius 1 is 1.73 bits per heavy atom. The third-order valence-electron chi connectivity index (χ3n) is 1.29. The normalized spacial score (nSPS) is 9.55. The van der Waals surface area contributed by atoms with Crippen LogP contribution in [0.25, 0.3) is 0 Å². The van der Waals surface area contributed by atoms with E-state index >= 15 is 0 Å². The smallest absolute Gasteiger partial charge is 0.122 e. The van der Waals surface area contributed by atoms with Crippen molar-refractivity contribution in [3.05, 3.63) is 29.6 Å². The van der Waals surface area contributed by atoms with Crippen molar-refractivity contribution in [3.8, 4) is 0 Å². The lowest BCUT2D eigenvalue weighted by Gasteiger charge is -1.98.